The molecule has 3 rings (SSSR count). The predicted molar refractivity (Wildman–Crippen MR) is 79.5 cm³/mol. The van der Waals surface area contributed by atoms with Crippen molar-refractivity contribution >= 4 is 0 Å². The molecular weight excluding hydrogens is 264 g/mol. The number of nitrogens with two attached hydrogens (primary N) is 1. The second-order valence-electron chi connectivity index (χ2n) is 5.01. The summed E-state index contributed by atoms with van der Waals surface area (Å²) in [6, 6.07) is 10.1. The number of nitrogens with one attached hydrogen (secondary N) is 1. The summed E-state index contributed by atoms with van der Waals surface area (Å²) in [4.78, 5) is 2.16. The van der Waals surface area contributed by atoms with Crippen LogP contribution in [0, 0.1) is 11.3 Å². The highest BCUT2D eigenvalue weighted by atomic mass is 16.5. The molecule has 0 fully saturated rings. The lowest BCUT2D eigenvalue weighted by Crippen LogP contribution is -2.22. The fraction of sp³-hybridized carbons (Fsp3) is 0.188. The van der Waals surface area contributed by atoms with Gasteiger partial charge in [0.25, 0.3) is 0 Å². The van der Waals surface area contributed by atoms with Gasteiger partial charge in [-0.3, -0.25) is 0 Å². The van der Waals surface area contributed by atoms with Crippen molar-refractivity contribution in [2.75, 3.05) is 13.7 Å². The van der Waals surface area contributed by atoms with Gasteiger partial charge in [-0.25, -0.2) is 0 Å². The van der Waals surface area contributed by atoms with Crippen LogP contribution in [0.4, 0.5) is 0 Å². The van der Waals surface area contributed by atoms with Gasteiger partial charge < -0.3 is 20.7 Å². The molecule has 0 unspecified atom stereocenters. The molecule has 1 aromatic carbocycles. The third kappa shape index (κ3) is 2.43. The summed E-state index contributed by atoms with van der Waals surface area (Å²) in [5.74, 6) is 1.26. The van der Waals surface area contributed by atoms with Crippen LogP contribution >= 0.6 is 0 Å². The molecule has 5 nitrogen and oxygen atoms in total. The molecule has 2 aliphatic rings. The van der Waals surface area contributed by atoms with E-state index >= 15 is 0 Å². The van der Waals surface area contributed by atoms with E-state index in [1.807, 2.05) is 30.6 Å². The third-order valence-electron chi connectivity index (χ3n) is 3.60. The van der Waals surface area contributed by atoms with E-state index in [4.69, 9.17) is 10.5 Å². The van der Waals surface area contributed by atoms with Gasteiger partial charge in [-0.15, -0.1) is 0 Å². The Kier molecular flexibility index (Phi) is 3.28. The molecule has 0 aromatic heterocycles. The number of rotatable bonds is 3. The van der Waals surface area contributed by atoms with Crippen molar-refractivity contribution in [3.63, 3.8) is 0 Å². The minimum atomic E-state index is 0.413. The number of methoxy groups -OCH3 is 1. The lowest BCUT2D eigenvalue weighted by Gasteiger charge is -2.16. The van der Waals surface area contributed by atoms with Gasteiger partial charge >= 0.3 is 0 Å². The van der Waals surface area contributed by atoms with Crippen molar-refractivity contribution in [2.24, 2.45) is 5.73 Å². The van der Waals surface area contributed by atoms with Crippen molar-refractivity contribution in [1.29, 1.82) is 5.26 Å². The average molecular weight is 280 g/mol. The van der Waals surface area contributed by atoms with Gasteiger partial charge in [0.15, 0.2) is 0 Å². The second-order valence-corrected chi connectivity index (χ2v) is 5.01. The first kappa shape index (κ1) is 13.1. The molecule has 0 bridgehead atoms. The number of dihydropyridines is 1. The maximum absolute atomic E-state index is 9.22. The van der Waals surface area contributed by atoms with E-state index in [0.717, 1.165) is 35.5 Å². The zero-order chi connectivity index (χ0) is 14.8. The van der Waals surface area contributed by atoms with Gasteiger partial charge in [0.2, 0.25) is 0 Å². The number of nitriles is 1. The highest BCUT2D eigenvalue weighted by Crippen LogP contribution is 2.30. The monoisotopic (exact) mass is 280 g/mol. The summed E-state index contributed by atoms with van der Waals surface area (Å²) in [5.41, 5.74) is 9.48. The van der Waals surface area contributed by atoms with Crippen LogP contribution in [0.15, 0.2) is 59.2 Å². The fourth-order valence-corrected chi connectivity index (χ4v) is 2.57. The normalized spacial score (nSPS) is 16.7. The largest absolute Gasteiger partial charge is 0.497 e. The van der Waals surface area contributed by atoms with E-state index in [2.05, 4.69) is 22.4 Å². The maximum Gasteiger partial charge on any atom is 0.119 e. The zero-order valence-corrected chi connectivity index (χ0v) is 11.8. The average Bonchev–Trinajstić information content (AvgIpc) is 2.90. The topological polar surface area (TPSA) is 74.3 Å². The molecule has 0 radical (unpaired) electrons. The van der Waals surface area contributed by atoms with E-state index in [9.17, 15) is 5.26 Å². The van der Waals surface area contributed by atoms with E-state index in [1.54, 1.807) is 7.11 Å². The molecule has 0 amide bonds. The maximum atomic E-state index is 9.22. The molecule has 21 heavy (non-hydrogen) atoms. The van der Waals surface area contributed by atoms with E-state index in [-0.39, 0.29) is 0 Å². The summed E-state index contributed by atoms with van der Waals surface area (Å²) in [6.07, 6.45) is 3.87. The number of fused-ring (bicyclic) bond motifs is 1. The Labute approximate surface area is 123 Å². The smallest absolute Gasteiger partial charge is 0.119 e. The van der Waals surface area contributed by atoms with Crippen molar-refractivity contribution in [2.45, 2.75) is 6.54 Å². The van der Waals surface area contributed by atoms with Gasteiger partial charge in [-0.1, -0.05) is 12.1 Å². The Hall–Kier alpha value is -2.87. The van der Waals surface area contributed by atoms with Gasteiger partial charge in [0, 0.05) is 31.1 Å². The Balaban J connectivity index is 1.82. The number of ether oxygens (including phenoxy) is 1. The predicted octanol–water partition coefficient (Wildman–Crippen LogP) is 1.58. The molecule has 0 saturated carbocycles. The Bertz CT molecular complexity index is 709. The molecule has 3 N–H and O–H groups in total. The van der Waals surface area contributed by atoms with Gasteiger partial charge in [0.1, 0.15) is 23.2 Å². The highest BCUT2D eigenvalue weighted by molar-refractivity contribution is 5.59. The first-order valence-corrected chi connectivity index (χ1v) is 6.66. The summed E-state index contributed by atoms with van der Waals surface area (Å²) >= 11 is 0. The van der Waals surface area contributed by atoms with Gasteiger partial charge in [-0.2, -0.15) is 5.26 Å². The quantitative estimate of drug-likeness (QED) is 0.879. The van der Waals surface area contributed by atoms with Crippen molar-refractivity contribution in [3.8, 4) is 11.8 Å². The van der Waals surface area contributed by atoms with Crippen LogP contribution in [-0.2, 0) is 6.54 Å². The summed E-state index contributed by atoms with van der Waals surface area (Å²) in [5, 5.41) is 12.2. The third-order valence-corrected chi connectivity index (χ3v) is 3.60. The molecule has 0 saturated heterocycles. The van der Waals surface area contributed by atoms with Gasteiger partial charge in [-0.05, 0) is 23.3 Å². The van der Waals surface area contributed by atoms with Gasteiger partial charge in [0.05, 0.1) is 7.11 Å². The molecule has 1 aromatic rings. The number of hydrogen-bond acceptors (Lipinski definition) is 5. The number of allylic oxidation sites excluding steroid dienone is 1. The Morgan fingerprint density at radius 1 is 1.48 bits per heavy atom. The first-order valence-electron chi connectivity index (χ1n) is 6.66. The van der Waals surface area contributed by atoms with Crippen LogP contribution in [0.1, 0.15) is 5.56 Å². The SMILES string of the molecule is COc1cccc(CN2C=C3C(=CNC(N)=C3C#N)C2)c1. The van der Waals surface area contributed by atoms with Crippen LogP contribution in [0.3, 0.4) is 0 Å². The van der Waals surface area contributed by atoms with Crippen LogP contribution in [0.25, 0.3) is 0 Å². The van der Waals surface area contributed by atoms with Crippen molar-refractivity contribution < 1.29 is 4.74 Å². The van der Waals surface area contributed by atoms with E-state index in [0.29, 0.717) is 11.4 Å². The summed E-state index contributed by atoms with van der Waals surface area (Å²) in [7, 11) is 1.66. The highest BCUT2D eigenvalue weighted by Gasteiger charge is 2.25. The number of benzene rings is 1. The van der Waals surface area contributed by atoms with Crippen molar-refractivity contribution in [1.82, 2.24) is 10.2 Å². The Morgan fingerprint density at radius 3 is 3.10 bits per heavy atom. The minimum absolute atomic E-state index is 0.413. The van der Waals surface area contributed by atoms with Crippen LogP contribution in [-0.4, -0.2) is 18.6 Å². The molecule has 2 aliphatic heterocycles. The molecule has 5 heteroatoms. The standard InChI is InChI=1S/C16H16N4O/c1-21-13-4-2-3-11(5-13)8-20-9-12-7-19-16(18)14(6-17)15(12)10-20/h2-5,7,10,19H,8-9,18H2,1H3. The van der Waals surface area contributed by atoms with E-state index in [1.165, 1.54) is 0 Å². The zero-order valence-electron chi connectivity index (χ0n) is 11.8. The number of hydrogen-bond donors (Lipinski definition) is 2. The second kappa shape index (κ2) is 5.25. The molecular formula is C16H16N4O. The molecule has 0 aliphatic carbocycles. The van der Waals surface area contributed by atoms with Crippen LogP contribution in [0.5, 0.6) is 5.75 Å². The van der Waals surface area contributed by atoms with Crippen LogP contribution in [0.2, 0.25) is 0 Å². The molecule has 0 spiro atoms. The minimum Gasteiger partial charge on any atom is -0.497 e. The number of nitrogens with zero attached hydrogens (tertiary/aromatic N) is 2. The van der Waals surface area contributed by atoms with Crippen LogP contribution < -0.4 is 15.8 Å². The summed E-state index contributed by atoms with van der Waals surface area (Å²) in [6.45, 7) is 1.52. The molecule has 0 atom stereocenters. The summed E-state index contributed by atoms with van der Waals surface area (Å²) < 4.78 is 5.24. The first-order chi connectivity index (χ1) is 10.2. The lowest BCUT2D eigenvalue weighted by molar-refractivity contribution is 0.404. The molecule has 106 valence electrons. The molecule has 2 heterocycles. The fourth-order valence-electron chi connectivity index (χ4n) is 2.57. The Morgan fingerprint density at radius 2 is 2.33 bits per heavy atom. The lowest BCUT2D eigenvalue weighted by atomic mass is 10.0. The van der Waals surface area contributed by atoms with Crippen molar-refractivity contribution in [3.05, 3.63) is 64.8 Å². The van der Waals surface area contributed by atoms with E-state index < -0.39 is 0 Å².